The van der Waals surface area contributed by atoms with Crippen LogP contribution in [0.25, 0.3) is 0 Å². The zero-order valence-corrected chi connectivity index (χ0v) is 15.1. The third kappa shape index (κ3) is 5.71. The number of hydrogen-bond donors (Lipinski definition) is 2. The Balaban J connectivity index is 0.00000288. The maximum atomic E-state index is 12.3. The van der Waals surface area contributed by atoms with E-state index >= 15 is 0 Å². The summed E-state index contributed by atoms with van der Waals surface area (Å²) >= 11 is 6.12. The molecule has 0 aliphatic carbocycles. The van der Waals surface area contributed by atoms with Gasteiger partial charge in [-0.15, -0.1) is 12.4 Å². The Morgan fingerprint density at radius 3 is 2.58 bits per heavy atom. The van der Waals surface area contributed by atoms with Gasteiger partial charge in [-0.2, -0.15) is 0 Å². The second-order valence-electron chi connectivity index (χ2n) is 5.43. The fraction of sp³-hybridized carbons (Fsp3) is 0.278. The first-order valence-electron chi connectivity index (χ1n) is 7.55. The van der Waals surface area contributed by atoms with E-state index in [9.17, 15) is 4.79 Å². The molecule has 3 N–H and O–H groups in total. The second-order valence-corrected chi connectivity index (χ2v) is 5.83. The Kier molecular flexibility index (Phi) is 8.61. The van der Waals surface area contributed by atoms with Crippen LogP contribution in [0.3, 0.4) is 0 Å². The van der Waals surface area contributed by atoms with Gasteiger partial charge in [-0.3, -0.25) is 4.79 Å². The summed E-state index contributed by atoms with van der Waals surface area (Å²) in [5.74, 6) is 0.598. The van der Waals surface area contributed by atoms with Gasteiger partial charge in [0.25, 0.3) is 5.91 Å². The van der Waals surface area contributed by atoms with Crippen LogP contribution >= 0.6 is 24.0 Å². The topological polar surface area (TPSA) is 64.3 Å². The number of benzene rings is 2. The minimum Gasteiger partial charge on any atom is -0.488 e. The highest BCUT2D eigenvalue weighted by Gasteiger charge is 2.13. The molecule has 0 radical (unpaired) electrons. The van der Waals surface area contributed by atoms with Crippen molar-refractivity contribution in [2.24, 2.45) is 11.7 Å². The molecule has 0 spiro atoms. The van der Waals surface area contributed by atoms with E-state index in [1.54, 1.807) is 12.1 Å². The molecule has 0 saturated carbocycles. The first kappa shape index (κ1) is 20.3. The number of amides is 1. The summed E-state index contributed by atoms with van der Waals surface area (Å²) in [7, 11) is 0. The number of rotatable bonds is 7. The quantitative estimate of drug-likeness (QED) is 0.783. The molecule has 0 aliphatic rings. The zero-order chi connectivity index (χ0) is 16.7. The summed E-state index contributed by atoms with van der Waals surface area (Å²) in [5.41, 5.74) is 6.94. The molecule has 0 aliphatic heterocycles. The minimum absolute atomic E-state index is 0. The summed E-state index contributed by atoms with van der Waals surface area (Å²) < 4.78 is 5.79. The molecule has 0 fully saturated rings. The molecule has 2 aromatic carbocycles. The van der Waals surface area contributed by atoms with Crippen LogP contribution in [0.2, 0.25) is 5.02 Å². The molecule has 1 amide bonds. The zero-order valence-electron chi connectivity index (χ0n) is 13.5. The van der Waals surface area contributed by atoms with Crippen LogP contribution in [0.1, 0.15) is 22.8 Å². The number of nitrogens with two attached hydrogens (primary N) is 1. The monoisotopic (exact) mass is 368 g/mol. The van der Waals surface area contributed by atoms with Gasteiger partial charge in [0.2, 0.25) is 0 Å². The normalized spacial score (nSPS) is 11.3. The average Bonchev–Trinajstić information content (AvgIpc) is 2.59. The molecular formula is C18H22Cl2N2O2. The van der Waals surface area contributed by atoms with Crippen molar-refractivity contribution < 1.29 is 9.53 Å². The average molecular weight is 369 g/mol. The highest BCUT2D eigenvalue weighted by Crippen LogP contribution is 2.22. The van der Waals surface area contributed by atoms with Crippen molar-refractivity contribution in [3.8, 4) is 5.75 Å². The summed E-state index contributed by atoms with van der Waals surface area (Å²) in [6.07, 6.45) is 0. The van der Waals surface area contributed by atoms with E-state index in [-0.39, 0.29) is 24.2 Å². The van der Waals surface area contributed by atoms with E-state index in [0.717, 1.165) is 5.56 Å². The van der Waals surface area contributed by atoms with Crippen molar-refractivity contribution in [2.75, 3.05) is 13.1 Å². The van der Waals surface area contributed by atoms with E-state index < -0.39 is 0 Å². The predicted octanol–water partition coefficient (Wildman–Crippen LogP) is 3.67. The molecule has 2 aromatic rings. The first-order chi connectivity index (χ1) is 11.1. The molecule has 6 heteroatoms. The van der Waals surface area contributed by atoms with Gasteiger partial charge >= 0.3 is 0 Å². The number of nitrogens with one attached hydrogen (secondary N) is 1. The number of carbonyl (C=O) groups is 1. The summed E-state index contributed by atoms with van der Waals surface area (Å²) in [5, 5.41) is 3.52. The molecule has 130 valence electrons. The van der Waals surface area contributed by atoms with E-state index in [2.05, 4.69) is 5.32 Å². The van der Waals surface area contributed by atoms with Gasteiger partial charge in [-0.25, -0.2) is 0 Å². The van der Waals surface area contributed by atoms with Crippen LogP contribution in [-0.4, -0.2) is 19.0 Å². The summed E-state index contributed by atoms with van der Waals surface area (Å²) in [6.45, 7) is 3.36. The highest BCUT2D eigenvalue weighted by atomic mass is 35.5. The van der Waals surface area contributed by atoms with Gasteiger partial charge in [-0.1, -0.05) is 48.9 Å². The number of carbonyl (C=O) groups excluding carboxylic acids is 1. The molecule has 24 heavy (non-hydrogen) atoms. The van der Waals surface area contributed by atoms with E-state index in [1.165, 1.54) is 0 Å². The lowest BCUT2D eigenvalue weighted by Crippen LogP contribution is -2.31. The third-order valence-corrected chi connectivity index (χ3v) is 3.85. The standard InChI is InChI=1S/C18H21ClN2O2.ClH/c1-13(10-20)11-21-18(22)15-7-3-5-9-17(15)23-12-14-6-2-4-8-16(14)19;/h2-9,13H,10-12,20H2,1H3,(H,21,22);1H. The van der Waals surface area contributed by atoms with Gasteiger partial charge in [0.1, 0.15) is 12.4 Å². The molecule has 2 rings (SSSR count). The number of halogens is 2. The van der Waals surface area contributed by atoms with Gasteiger partial charge < -0.3 is 15.8 Å². The lowest BCUT2D eigenvalue weighted by molar-refractivity contribution is 0.0944. The Labute approximate surface area is 153 Å². The Hall–Kier alpha value is -1.75. The Bertz CT molecular complexity index is 665. The van der Waals surface area contributed by atoms with Crippen molar-refractivity contribution in [3.05, 3.63) is 64.7 Å². The molecule has 1 unspecified atom stereocenters. The van der Waals surface area contributed by atoms with Crippen molar-refractivity contribution in [2.45, 2.75) is 13.5 Å². The maximum absolute atomic E-state index is 12.3. The minimum atomic E-state index is -0.167. The van der Waals surface area contributed by atoms with Gasteiger partial charge in [0, 0.05) is 17.1 Å². The van der Waals surface area contributed by atoms with Crippen LogP contribution < -0.4 is 15.8 Å². The molecule has 0 bridgehead atoms. The van der Waals surface area contributed by atoms with Crippen LogP contribution in [0.4, 0.5) is 0 Å². The molecular weight excluding hydrogens is 347 g/mol. The Morgan fingerprint density at radius 1 is 1.21 bits per heavy atom. The van der Waals surface area contributed by atoms with Crippen molar-refractivity contribution in [3.63, 3.8) is 0 Å². The molecule has 1 atom stereocenters. The maximum Gasteiger partial charge on any atom is 0.255 e. The molecule has 0 aromatic heterocycles. The van der Waals surface area contributed by atoms with Crippen molar-refractivity contribution in [1.29, 1.82) is 0 Å². The van der Waals surface area contributed by atoms with Crippen molar-refractivity contribution in [1.82, 2.24) is 5.32 Å². The van der Waals surface area contributed by atoms with E-state index in [1.807, 2.05) is 43.3 Å². The number of ether oxygens (including phenoxy) is 1. The van der Waals surface area contributed by atoms with Crippen LogP contribution in [-0.2, 0) is 6.61 Å². The van der Waals surface area contributed by atoms with Gasteiger partial charge in [-0.05, 0) is 30.7 Å². The number of para-hydroxylation sites is 1. The largest absolute Gasteiger partial charge is 0.488 e. The van der Waals surface area contributed by atoms with Gasteiger partial charge in [0.05, 0.1) is 5.56 Å². The van der Waals surface area contributed by atoms with Crippen LogP contribution in [0, 0.1) is 5.92 Å². The lowest BCUT2D eigenvalue weighted by Gasteiger charge is -2.14. The summed E-state index contributed by atoms with van der Waals surface area (Å²) in [4.78, 5) is 12.3. The van der Waals surface area contributed by atoms with Gasteiger partial charge in [0.15, 0.2) is 0 Å². The van der Waals surface area contributed by atoms with Crippen LogP contribution in [0.5, 0.6) is 5.75 Å². The predicted molar refractivity (Wildman–Crippen MR) is 100 cm³/mol. The fourth-order valence-electron chi connectivity index (χ4n) is 2.00. The molecule has 0 heterocycles. The Morgan fingerprint density at radius 2 is 1.88 bits per heavy atom. The molecule has 4 nitrogen and oxygen atoms in total. The number of hydrogen-bond acceptors (Lipinski definition) is 3. The van der Waals surface area contributed by atoms with E-state index in [4.69, 9.17) is 22.1 Å². The van der Waals surface area contributed by atoms with Crippen molar-refractivity contribution >= 4 is 29.9 Å². The van der Waals surface area contributed by atoms with E-state index in [0.29, 0.717) is 36.0 Å². The third-order valence-electron chi connectivity index (χ3n) is 3.49. The SMILES string of the molecule is CC(CN)CNC(=O)c1ccccc1OCc1ccccc1Cl.Cl. The smallest absolute Gasteiger partial charge is 0.255 e. The second kappa shape index (κ2) is 10.2. The highest BCUT2D eigenvalue weighted by molar-refractivity contribution is 6.31. The summed E-state index contributed by atoms with van der Waals surface area (Å²) in [6, 6.07) is 14.6. The fourth-order valence-corrected chi connectivity index (χ4v) is 2.19. The van der Waals surface area contributed by atoms with Crippen LogP contribution in [0.15, 0.2) is 48.5 Å². The lowest BCUT2D eigenvalue weighted by atomic mass is 10.1. The first-order valence-corrected chi connectivity index (χ1v) is 7.93. The molecule has 0 saturated heterocycles.